The molecule has 1 aliphatic rings. The molecule has 15 nitrogen and oxygen atoms in total. The lowest BCUT2D eigenvalue weighted by Gasteiger charge is -2.30. The second-order valence-corrected chi connectivity index (χ2v) is 9.93. The highest BCUT2D eigenvalue weighted by molar-refractivity contribution is 6.35. The number of hydrogen-bond acceptors (Lipinski definition) is 10. The van der Waals surface area contributed by atoms with Crippen LogP contribution in [-0.4, -0.2) is 59.4 Å². The molecule has 4 aromatic rings. The minimum Gasteiger partial charge on any atom is -0.491 e. The number of rotatable bonds is 9. The Balaban J connectivity index is 0.000000592. The van der Waals surface area contributed by atoms with Crippen LogP contribution < -0.4 is 4.74 Å². The van der Waals surface area contributed by atoms with Crippen molar-refractivity contribution in [2.45, 2.75) is 38.2 Å². The summed E-state index contributed by atoms with van der Waals surface area (Å²) in [5, 5.41) is 28.3. The van der Waals surface area contributed by atoms with Gasteiger partial charge in [-0.2, -0.15) is 0 Å². The zero-order valence-electron chi connectivity index (χ0n) is 23.2. The first kappa shape index (κ1) is 33.9. The Bertz CT molecular complexity index is 1490. The van der Waals surface area contributed by atoms with Crippen LogP contribution in [0.1, 0.15) is 24.7 Å². The lowest BCUT2D eigenvalue weighted by Crippen LogP contribution is -2.34. The summed E-state index contributed by atoms with van der Waals surface area (Å²) in [5.41, 5.74) is 2.62. The molecule has 0 amide bonds. The number of aryl methyl sites for hydroxylation is 1. The molecular formula is C27H28Cl2N6O9. The van der Waals surface area contributed by atoms with Crippen LogP contribution in [0.3, 0.4) is 0 Å². The number of nitrogens with zero attached hydrogens (tertiary/aromatic N) is 6. The van der Waals surface area contributed by atoms with Gasteiger partial charge in [-0.05, 0) is 48.9 Å². The third-order valence-corrected chi connectivity index (χ3v) is 6.46. The van der Waals surface area contributed by atoms with Crippen LogP contribution in [0.4, 0.5) is 0 Å². The maximum atomic E-state index is 8.36. The molecule has 0 spiro atoms. The molecule has 1 aliphatic heterocycles. The highest BCUT2D eigenvalue weighted by atomic mass is 35.5. The van der Waals surface area contributed by atoms with Crippen LogP contribution >= 0.6 is 23.2 Å². The van der Waals surface area contributed by atoms with Gasteiger partial charge in [0.1, 0.15) is 24.3 Å². The SMILES string of the molecule is CCCc1nccc(-c2ccc(OCC3COC(Cn4ccnc4)(c4ccc(Cl)cc4Cl)O3)cc2)n1.O=[N+]([O-])O.O=[N+]([O-])O. The summed E-state index contributed by atoms with van der Waals surface area (Å²) < 4.78 is 20.6. The Labute approximate surface area is 260 Å². The largest absolute Gasteiger partial charge is 0.491 e. The van der Waals surface area contributed by atoms with Gasteiger partial charge in [-0.15, -0.1) is 20.2 Å². The Morgan fingerprint density at radius 3 is 2.41 bits per heavy atom. The van der Waals surface area contributed by atoms with Gasteiger partial charge in [-0.3, -0.25) is 0 Å². The fourth-order valence-corrected chi connectivity index (χ4v) is 4.74. The van der Waals surface area contributed by atoms with E-state index < -0.39 is 16.0 Å². The van der Waals surface area contributed by atoms with E-state index in [1.807, 2.05) is 47.2 Å². The Morgan fingerprint density at radius 2 is 1.80 bits per heavy atom. The van der Waals surface area contributed by atoms with Gasteiger partial charge in [0.15, 0.2) is 0 Å². The van der Waals surface area contributed by atoms with Gasteiger partial charge in [-0.1, -0.05) is 36.2 Å². The molecule has 17 heteroatoms. The molecule has 2 N–H and O–H groups in total. The van der Waals surface area contributed by atoms with Gasteiger partial charge in [-0.25, -0.2) is 15.0 Å². The normalized spacial score (nSPS) is 17.0. The Kier molecular flexibility index (Phi) is 12.6. The lowest BCUT2D eigenvalue weighted by molar-refractivity contribution is -0.742. The molecule has 5 rings (SSSR count). The summed E-state index contributed by atoms with van der Waals surface area (Å²) in [4.78, 5) is 29.8. The number of benzene rings is 2. The molecule has 2 atom stereocenters. The number of imidazole rings is 1. The summed E-state index contributed by atoms with van der Waals surface area (Å²) >= 11 is 12.7. The molecule has 1 saturated heterocycles. The molecule has 0 aliphatic carbocycles. The molecule has 1 fully saturated rings. The fraction of sp³-hybridized carbons (Fsp3) is 0.296. The molecule has 234 valence electrons. The van der Waals surface area contributed by atoms with E-state index in [4.69, 9.17) is 68.1 Å². The van der Waals surface area contributed by atoms with Crippen molar-refractivity contribution in [3.05, 3.63) is 115 Å². The standard InChI is InChI=1S/C27H26Cl2N4O3.2HNO3/c1-2-3-26-31-11-10-25(32-26)19-4-7-21(8-5-19)34-15-22-16-35-27(36-22,17-33-13-12-30-18-33)23-9-6-20(28)14-24(23)29;2*2-1(3)4/h4-14,18,22H,2-3,15-17H2,1H3;2*(H,2,3,4). The number of aromatic nitrogens is 4. The van der Waals surface area contributed by atoms with E-state index in [0.717, 1.165) is 35.7 Å². The summed E-state index contributed by atoms with van der Waals surface area (Å²) in [6.45, 7) is 3.18. The maximum Gasteiger partial charge on any atom is 0.291 e. The monoisotopic (exact) mass is 650 g/mol. The van der Waals surface area contributed by atoms with Crippen LogP contribution in [0.15, 0.2) is 73.4 Å². The highest BCUT2D eigenvalue weighted by Gasteiger charge is 2.45. The third kappa shape index (κ3) is 10.3. The van der Waals surface area contributed by atoms with E-state index >= 15 is 0 Å². The van der Waals surface area contributed by atoms with E-state index in [1.165, 1.54) is 0 Å². The minimum absolute atomic E-state index is 0.293. The second kappa shape index (κ2) is 16.3. The van der Waals surface area contributed by atoms with E-state index in [9.17, 15) is 0 Å². The van der Waals surface area contributed by atoms with Crippen molar-refractivity contribution in [3.8, 4) is 17.0 Å². The van der Waals surface area contributed by atoms with E-state index in [0.29, 0.717) is 35.4 Å². The average Bonchev–Trinajstić information content (AvgIpc) is 3.63. The van der Waals surface area contributed by atoms with Crippen LogP contribution in [0, 0.1) is 20.2 Å². The highest BCUT2D eigenvalue weighted by Crippen LogP contribution is 2.40. The molecule has 3 heterocycles. The first-order valence-electron chi connectivity index (χ1n) is 13.0. The number of halogens is 2. The molecule has 44 heavy (non-hydrogen) atoms. The van der Waals surface area contributed by atoms with Crippen LogP contribution in [0.5, 0.6) is 5.75 Å². The van der Waals surface area contributed by atoms with Gasteiger partial charge in [0.05, 0.1) is 30.2 Å². The van der Waals surface area contributed by atoms with Gasteiger partial charge in [0, 0.05) is 41.2 Å². The van der Waals surface area contributed by atoms with E-state index in [1.54, 1.807) is 30.9 Å². The maximum absolute atomic E-state index is 8.36. The van der Waals surface area contributed by atoms with Crippen molar-refractivity contribution in [1.82, 2.24) is 19.5 Å². The summed E-state index contributed by atoms with van der Waals surface area (Å²) in [7, 11) is 0. The van der Waals surface area contributed by atoms with E-state index in [2.05, 4.69) is 21.9 Å². The fourth-order valence-electron chi connectivity index (χ4n) is 4.19. The number of hydrogen-bond donors (Lipinski definition) is 2. The summed E-state index contributed by atoms with van der Waals surface area (Å²) in [6, 6.07) is 15.1. The summed E-state index contributed by atoms with van der Waals surface area (Å²) in [5.74, 6) is 0.513. The topological polar surface area (TPSA) is 198 Å². The second-order valence-electron chi connectivity index (χ2n) is 9.08. The Hall–Kier alpha value is -4.57. The smallest absolute Gasteiger partial charge is 0.291 e. The number of ether oxygens (including phenoxy) is 3. The van der Waals surface area contributed by atoms with Gasteiger partial charge >= 0.3 is 0 Å². The molecule has 2 unspecified atom stereocenters. The van der Waals surface area contributed by atoms with Crippen molar-refractivity contribution >= 4 is 23.2 Å². The van der Waals surface area contributed by atoms with Gasteiger partial charge < -0.3 is 29.2 Å². The molecular weight excluding hydrogens is 623 g/mol. The predicted octanol–water partition coefficient (Wildman–Crippen LogP) is 5.25. The molecule has 2 aromatic heterocycles. The van der Waals surface area contributed by atoms with Crippen molar-refractivity contribution in [3.63, 3.8) is 0 Å². The molecule has 0 bridgehead atoms. The zero-order chi connectivity index (χ0) is 32.1. The van der Waals surface area contributed by atoms with Crippen LogP contribution in [0.25, 0.3) is 11.3 Å². The zero-order valence-corrected chi connectivity index (χ0v) is 24.7. The van der Waals surface area contributed by atoms with Gasteiger partial charge in [0.25, 0.3) is 10.2 Å². The van der Waals surface area contributed by atoms with Crippen molar-refractivity contribution in [1.29, 1.82) is 0 Å². The minimum atomic E-state index is -1.50. The first-order chi connectivity index (χ1) is 21.0. The first-order valence-corrected chi connectivity index (χ1v) is 13.7. The molecule has 0 saturated carbocycles. The molecule has 2 aromatic carbocycles. The average molecular weight is 651 g/mol. The van der Waals surface area contributed by atoms with Crippen LogP contribution in [-0.2, 0) is 28.2 Å². The quantitative estimate of drug-likeness (QED) is 0.176. The van der Waals surface area contributed by atoms with E-state index in [-0.39, 0.29) is 6.10 Å². The van der Waals surface area contributed by atoms with Gasteiger partial charge in [0.2, 0.25) is 5.79 Å². The van der Waals surface area contributed by atoms with Crippen LogP contribution in [0.2, 0.25) is 10.0 Å². The Morgan fingerprint density at radius 1 is 1.09 bits per heavy atom. The van der Waals surface area contributed by atoms with Crippen molar-refractivity contribution < 1.29 is 34.8 Å². The third-order valence-electron chi connectivity index (χ3n) is 5.92. The predicted molar refractivity (Wildman–Crippen MR) is 156 cm³/mol. The van der Waals surface area contributed by atoms with Crippen molar-refractivity contribution in [2.24, 2.45) is 0 Å². The lowest BCUT2D eigenvalue weighted by atomic mass is 10.1. The summed E-state index contributed by atoms with van der Waals surface area (Å²) in [6.07, 6.45) is 8.66. The molecule has 0 radical (unpaired) electrons. The van der Waals surface area contributed by atoms with Crippen molar-refractivity contribution in [2.75, 3.05) is 13.2 Å².